The summed E-state index contributed by atoms with van der Waals surface area (Å²) in [5.74, 6) is 0. The minimum absolute atomic E-state index is 0.714. The van der Waals surface area contributed by atoms with E-state index in [2.05, 4.69) is 54.3 Å². The summed E-state index contributed by atoms with van der Waals surface area (Å²) in [6.07, 6.45) is 3.37. The number of aryl methyl sites for hydroxylation is 2. The number of para-hydroxylation sites is 1. The first-order valence-electron chi connectivity index (χ1n) is 7.44. The van der Waals surface area contributed by atoms with Crippen LogP contribution in [0.1, 0.15) is 23.1 Å². The van der Waals surface area contributed by atoms with Gasteiger partial charge < -0.3 is 10.6 Å². The number of hydrogen-bond donors (Lipinski definition) is 1. The molecule has 104 valence electrons. The van der Waals surface area contributed by atoms with Crippen molar-refractivity contribution in [2.75, 3.05) is 18.0 Å². The second-order valence-corrected chi connectivity index (χ2v) is 5.54. The van der Waals surface area contributed by atoms with E-state index in [0.29, 0.717) is 6.54 Å². The summed E-state index contributed by atoms with van der Waals surface area (Å²) in [6, 6.07) is 15.5. The molecule has 0 aromatic heterocycles. The highest BCUT2D eigenvalue weighted by Crippen LogP contribution is 2.35. The summed E-state index contributed by atoms with van der Waals surface area (Å²) in [6.45, 7) is 4.02. The van der Waals surface area contributed by atoms with E-state index in [-0.39, 0.29) is 0 Å². The summed E-state index contributed by atoms with van der Waals surface area (Å²) in [4.78, 5) is 2.46. The molecule has 1 aliphatic rings. The SMILES string of the molecule is Cc1cc(CCN)ccc1N1CCCc2ccccc21. The second-order valence-electron chi connectivity index (χ2n) is 5.54. The quantitative estimate of drug-likeness (QED) is 0.920. The second kappa shape index (κ2) is 5.68. The summed E-state index contributed by atoms with van der Waals surface area (Å²) < 4.78 is 0. The third-order valence-electron chi connectivity index (χ3n) is 4.10. The molecule has 2 nitrogen and oxygen atoms in total. The fourth-order valence-electron chi connectivity index (χ4n) is 3.13. The van der Waals surface area contributed by atoms with Crippen molar-refractivity contribution in [1.82, 2.24) is 0 Å². The van der Waals surface area contributed by atoms with Crippen LogP contribution < -0.4 is 10.6 Å². The van der Waals surface area contributed by atoms with Crippen LogP contribution in [0.5, 0.6) is 0 Å². The van der Waals surface area contributed by atoms with Gasteiger partial charge in [0.15, 0.2) is 0 Å². The Morgan fingerprint density at radius 2 is 1.95 bits per heavy atom. The average molecular weight is 266 g/mol. The Hall–Kier alpha value is -1.80. The molecule has 0 saturated heterocycles. The minimum Gasteiger partial charge on any atom is -0.341 e. The Kier molecular flexibility index (Phi) is 3.75. The van der Waals surface area contributed by atoms with E-state index in [9.17, 15) is 0 Å². The molecule has 3 rings (SSSR count). The van der Waals surface area contributed by atoms with Crippen molar-refractivity contribution in [3.8, 4) is 0 Å². The number of rotatable bonds is 3. The van der Waals surface area contributed by atoms with E-state index in [1.807, 2.05) is 0 Å². The van der Waals surface area contributed by atoms with Gasteiger partial charge in [-0.3, -0.25) is 0 Å². The van der Waals surface area contributed by atoms with Gasteiger partial charge in [-0.1, -0.05) is 30.3 Å². The molecule has 0 saturated carbocycles. The lowest BCUT2D eigenvalue weighted by atomic mass is 9.99. The molecule has 0 bridgehead atoms. The molecule has 0 spiro atoms. The predicted molar refractivity (Wildman–Crippen MR) is 85.7 cm³/mol. The van der Waals surface area contributed by atoms with Crippen LogP contribution >= 0.6 is 0 Å². The van der Waals surface area contributed by atoms with Crippen LogP contribution in [0.15, 0.2) is 42.5 Å². The molecule has 2 aromatic carbocycles. The van der Waals surface area contributed by atoms with E-state index < -0.39 is 0 Å². The molecular formula is C18H22N2. The number of nitrogens with zero attached hydrogens (tertiary/aromatic N) is 1. The molecular weight excluding hydrogens is 244 g/mol. The van der Waals surface area contributed by atoms with Crippen molar-refractivity contribution in [3.05, 3.63) is 59.2 Å². The summed E-state index contributed by atoms with van der Waals surface area (Å²) in [7, 11) is 0. The molecule has 1 heterocycles. The van der Waals surface area contributed by atoms with Crippen LogP contribution in [0.2, 0.25) is 0 Å². The zero-order valence-electron chi connectivity index (χ0n) is 12.1. The molecule has 2 aromatic rings. The van der Waals surface area contributed by atoms with Gasteiger partial charge in [0.05, 0.1) is 0 Å². The van der Waals surface area contributed by atoms with Crippen LogP contribution in [-0.2, 0) is 12.8 Å². The van der Waals surface area contributed by atoms with Gasteiger partial charge in [0.1, 0.15) is 0 Å². The molecule has 0 atom stereocenters. The van der Waals surface area contributed by atoms with Gasteiger partial charge in [0.25, 0.3) is 0 Å². The molecule has 0 unspecified atom stereocenters. The lowest BCUT2D eigenvalue weighted by Crippen LogP contribution is -2.25. The van der Waals surface area contributed by atoms with Crippen LogP contribution in [-0.4, -0.2) is 13.1 Å². The van der Waals surface area contributed by atoms with E-state index >= 15 is 0 Å². The fourth-order valence-corrected chi connectivity index (χ4v) is 3.13. The normalized spacial score (nSPS) is 14.2. The first-order chi connectivity index (χ1) is 9.79. The van der Waals surface area contributed by atoms with E-state index in [0.717, 1.165) is 13.0 Å². The van der Waals surface area contributed by atoms with Crippen molar-refractivity contribution in [3.63, 3.8) is 0 Å². The van der Waals surface area contributed by atoms with E-state index in [4.69, 9.17) is 5.73 Å². The lowest BCUT2D eigenvalue weighted by Gasteiger charge is -2.32. The Balaban J connectivity index is 1.98. The van der Waals surface area contributed by atoms with Crippen LogP contribution in [0.25, 0.3) is 0 Å². The number of anilines is 2. The maximum absolute atomic E-state index is 5.64. The standard InChI is InChI=1S/C18H22N2/c1-14-13-15(10-11-19)8-9-17(14)20-12-4-6-16-5-2-3-7-18(16)20/h2-3,5,7-9,13H,4,6,10-12,19H2,1H3. The molecule has 2 N–H and O–H groups in total. The van der Waals surface area contributed by atoms with E-state index in [1.54, 1.807) is 0 Å². The topological polar surface area (TPSA) is 29.3 Å². The minimum atomic E-state index is 0.714. The number of nitrogens with two attached hydrogens (primary N) is 1. The zero-order chi connectivity index (χ0) is 13.9. The number of hydrogen-bond acceptors (Lipinski definition) is 2. The van der Waals surface area contributed by atoms with Crippen molar-refractivity contribution in [2.45, 2.75) is 26.2 Å². The van der Waals surface area contributed by atoms with Crippen molar-refractivity contribution < 1.29 is 0 Å². The van der Waals surface area contributed by atoms with Gasteiger partial charge in [-0.2, -0.15) is 0 Å². The maximum atomic E-state index is 5.64. The zero-order valence-corrected chi connectivity index (χ0v) is 12.1. The van der Waals surface area contributed by atoms with Crippen molar-refractivity contribution in [2.24, 2.45) is 5.73 Å². The average Bonchev–Trinajstić information content (AvgIpc) is 2.47. The summed E-state index contributed by atoms with van der Waals surface area (Å²) in [5.41, 5.74) is 12.5. The smallest absolute Gasteiger partial charge is 0.0443 e. The van der Waals surface area contributed by atoms with Gasteiger partial charge in [-0.25, -0.2) is 0 Å². The first-order valence-corrected chi connectivity index (χ1v) is 7.44. The monoisotopic (exact) mass is 266 g/mol. The Morgan fingerprint density at radius 1 is 1.10 bits per heavy atom. The molecule has 0 fully saturated rings. The van der Waals surface area contributed by atoms with Gasteiger partial charge in [-0.15, -0.1) is 0 Å². The first kappa shape index (κ1) is 13.2. The highest BCUT2D eigenvalue weighted by molar-refractivity contribution is 5.70. The molecule has 2 heteroatoms. The van der Waals surface area contributed by atoms with Crippen molar-refractivity contribution in [1.29, 1.82) is 0 Å². The highest BCUT2D eigenvalue weighted by atomic mass is 15.1. The van der Waals surface area contributed by atoms with Gasteiger partial charge in [0, 0.05) is 17.9 Å². The number of fused-ring (bicyclic) bond motifs is 1. The lowest BCUT2D eigenvalue weighted by molar-refractivity contribution is 0.765. The highest BCUT2D eigenvalue weighted by Gasteiger charge is 2.18. The summed E-state index contributed by atoms with van der Waals surface area (Å²) >= 11 is 0. The Morgan fingerprint density at radius 3 is 2.75 bits per heavy atom. The van der Waals surface area contributed by atoms with E-state index in [1.165, 1.54) is 40.9 Å². The third-order valence-corrected chi connectivity index (χ3v) is 4.10. The number of benzene rings is 2. The molecule has 20 heavy (non-hydrogen) atoms. The Bertz CT molecular complexity index is 604. The molecule has 0 aliphatic carbocycles. The molecule has 0 radical (unpaired) electrons. The molecule has 0 amide bonds. The van der Waals surface area contributed by atoms with Gasteiger partial charge >= 0.3 is 0 Å². The third kappa shape index (κ3) is 2.44. The van der Waals surface area contributed by atoms with Gasteiger partial charge in [-0.05, 0) is 61.6 Å². The summed E-state index contributed by atoms with van der Waals surface area (Å²) in [5, 5.41) is 0. The van der Waals surface area contributed by atoms with Crippen LogP contribution in [0.3, 0.4) is 0 Å². The fraction of sp³-hybridized carbons (Fsp3) is 0.333. The Labute approximate surface area is 121 Å². The maximum Gasteiger partial charge on any atom is 0.0443 e. The van der Waals surface area contributed by atoms with Crippen LogP contribution in [0.4, 0.5) is 11.4 Å². The predicted octanol–water partition coefficient (Wildman–Crippen LogP) is 3.58. The van der Waals surface area contributed by atoms with Crippen LogP contribution in [0, 0.1) is 6.92 Å². The van der Waals surface area contributed by atoms with Gasteiger partial charge in [0.2, 0.25) is 0 Å². The molecule has 1 aliphatic heterocycles. The van der Waals surface area contributed by atoms with Crippen molar-refractivity contribution >= 4 is 11.4 Å². The largest absolute Gasteiger partial charge is 0.341 e.